The molecule has 0 fully saturated rings. The molecule has 1 radical (unpaired) electrons. The Morgan fingerprint density at radius 2 is 2.55 bits per heavy atom. The minimum absolute atomic E-state index is 0.496. The highest BCUT2D eigenvalue weighted by atomic mass is 14.9. The molecule has 1 heterocycles. The first-order valence-corrected chi connectivity index (χ1v) is 3.92. The van der Waals surface area contributed by atoms with E-state index in [1.165, 1.54) is 0 Å². The normalized spacial score (nSPS) is 12.5. The highest BCUT2D eigenvalue weighted by molar-refractivity contribution is 5.39. The standard InChI is InChI=1S/C9H13N2/c1-3-8(2)11-9-5-4-6-10-7-9/h4-6,8,11H,3H2,1-2H3. The number of nitrogens with one attached hydrogen (secondary N) is 1. The van der Waals surface area contributed by atoms with Crippen LogP contribution < -0.4 is 5.32 Å². The fourth-order valence-electron chi connectivity index (χ4n) is 0.774. The van der Waals surface area contributed by atoms with E-state index < -0.39 is 0 Å². The van der Waals surface area contributed by atoms with Crippen LogP contribution in [0, 0.1) is 6.20 Å². The van der Waals surface area contributed by atoms with Gasteiger partial charge < -0.3 is 5.32 Å². The van der Waals surface area contributed by atoms with E-state index in [-0.39, 0.29) is 0 Å². The summed E-state index contributed by atoms with van der Waals surface area (Å²) in [6, 6.07) is 4.37. The van der Waals surface area contributed by atoms with Crippen LogP contribution in [0.5, 0.6) is 0 Å². The second kappa shape index (κ2) is 3.96. The summed E-state index contributed by atoms with van der Waals surface area (Å²) in [5.74, 6) is 0. The van der Waals surface area contributed by atoms with Crippen LogP contribution in [0.1, 0.15) is 20.3 Å². The molecule has 1 unspecified atom stereocenters. The molecule has 0 aliphatic heterocycles. The van der Waals surface area contributed by atoms with Crippen LogP contribution >= 0.6 is 0 Å². The van der Waals surface area contributed by atoms with Gasteiger partial charge in [-0.3, -0.25) is 4.98 Å². The zero-order valence-electron chi connectivity index (χ0n) is 6.96. The molecule has 0 aliphatic carbocycles. The largest absolute Gasteiger partial charge is 0.381 e. The van der Waals surface area contributed by atoms with E-state index in [0.29, 0.717) is 6.04 Å². The number of aromatic nitrogens is 1. The van der Waals surface area contributed by atoms with Crippen LogP contribution in [0.3, 0.4) is 0 Å². The second-order valence-corrected chi connectivity index (χ2v) is 2.62. The van der Waals surface area contributed by atoms with Crippen LogP contribution in [0.25, 0.3) is 0 Å². The van der Waals surface area contributed by atoms with Gasteiger partial charge in [-0.2, -0.15) is 0 Å². The van der Waals surface area contributed by atoms with Crippen molar-refractivity contribution >= 4 is 5.69 Å². The third kappa shape index (κ3) is 2.58. The predicted molar refractivity (Wildman–Crippen MR) is 46.4 cm³/mol. The van der Waals surface area contributed by atoms with E-state index in [1.54, 1.807) is 6.20 Å². The summed E-state index contributed by atoms with van der Waals surface area (Å²) < 4.78 is 0. The molecule has 0 aromatic carbocycles. The van der Waals surface area contributed by atoms with Gasteiger partial charge in [0.15, 0.2) is 0 Å². The number of rotatable bonds is 3. The van der Waals surface area contributed by atoms with Gasteiger partial charge in [-0.05, 0) is 25.5 Å². The van der Waals surface area contributed by atoms with Crippen molar-refractivity contribution in [3.05, 3.63) is 24.5 Å². The Hall–Kier alpha value is -1.05. The fourth-order valence-corrected chi connectivity index (χ4v) is 0.774. The van der Waals surface area contributed by atoms with Crippen LogP contribution in [0.15, 0.2) is 18.3 Å². The Bertz CT molecular complexity index is 196. The van der Waals surface area contributed by atoms with Crippen molar-refractivity contribution in [1.29, 1.82) is 0 Å². The smallest absolute Gasteiger partial charge is 0.114 e. The minimum atomic E-state index is 0.496. The van der Waals surface area contributed by atoms with E-state index in [4.69, 9.17) is 0 Å². The molecular weight excluding hydrogens is 136 g/mol. The molecule has 2 heteroatoms. The summed E-state index contributed by atoms with van der Waals surface area (Å²) in [5, 5.41) is 3.27. The van der Waals surface area contributed by atoms with Gasteiger partial charge in [-0.1, -0.05) is 6.92 Å². The lowest BCUT2D eigenvalue weighted by molar-refractivity contribution is 0.763. The maximum Gasteiger partial charge on any atom is 0.114 e. The van der Waals surface area contributed by atoms with Crippen LogP contribution in [0.4, 0.5) is 5.69 Å². The van der Waals surface area contributed by atoms with Crippen molar-refractivity contribution in [3.63, 3.8) is 0 Å². The average Bonchev–Trinajstić information content (AvgIpc) is 2.06. The summed E-state index contributed by atoms with van der Waals surface area (Å²) >= 11 is 0. The molecule has 0 amide bonds. The van der Waals surface area contributed by atoms with Crippen LogP contribution in [-0.4, -0.2) is 11.0 Å². The molecule has 1 rings (SSSR count). The highest BCUT2D eigenvalue weighted by Crippen LogP contribution is 2.05. The summed E-state index contributed by atoms with van der Waals surface area (Å²) in [4.78, 5) is 3.88. The zero-order chi connectivity index (χ0) is 8.10. The van der Waals surface area contributed by atoms with Gasteiger partial charge in [-0.15, -0.1) is 0 Å². The highest BCUT2D eigenvalue weighted by Gasteiger charge is 1.96. The van der Waals surface area contributed by atoms with E-state index in [0.717, 1.165) is 12.1 Å². The van der Waals surface area contributed by atoms with Crippen molar-refractivity contribution in [2.45, 2.75) is 26.3 Å². The van der Waals surface area contributed by atoms with Gasteiger partial charge in [-0.25, -0.2) is 0 Å². The Labute approximate surface area is 67.7 Å². The zero-order valence-corrected chi connectivity index (χ0v) is 6.96. The molecule has 0 saturated carbocycles. The second-order valence-electron chi connectivity index (χ2n) is 2.62. The quantitative estimate of drug-likeness (QED) is 0.711. The van der Waals surface area contributed by atoms with E-state index in [9.17, 15) is 0 Å². The van der Waals surface area contributed by atoms with Gasteiger partial charge in [0.2, 0.25) is 0 Å². The van der Waals surface area contributed by atoms with Gasteiger partial charge >= 0.3 is 0 Å². The Morgan fingerprint density at radius 1 is 1.73 bits per heavy atom. The monoisotopic (exact) mass is 149 g/mol. The molecule has 11 heavy (non-hydrogen) atoms. The summed E-state index contributed by atoms with van der Waals surface area (Å²) in [5.41, 5.74) is 0.974. The van der Waals surface area contributed by atoms with Crippen molar-refractivity contribution in [3.8, 4) is 0 Å². The average molecular weight is 149 g/mol. The fraction of sp³-hybridized carbons (Fsp3) is 0.444. The number of nitrogens with zero attached hydrogens (tertiary/aromatic N) is 1. The van der Waals surface area contributed by atoms with Crippen molar-refractivity contribution in [2.75, 3.05) is 5.32 Å². The number of hydrogen-bond donors (Lipinski definition) is 1. The van der Waals surface area contributed by atoms with E-state index in [1.807, 2.05) is 12.1 Å². The van der Waals surface area contributed by atoms with Crippen molar-refractivity contribution in [1.82, 2.24) is 4.98 Å². The summed E-state index contributed by atoms with van der Waals surface area (Å²) in [6.45, 7) is 4.29. The first-order valence-electron chi connectivity index (χ1n) is 3.92. The SMILES string of the molecule is CCC(C)Nc1[c]nccc1. The Kier molecular flexibility index (Phi) is 2.90. The molecule has 0 saturated heterocycles. The van der Waals surface area contributed by atoms with Gasteiger partial charge in [0.1, 0.15) is 6.20 Å². The van der Waals surface area contributed by atoms with E-state index in [2.05, 4.69) is 30.3 Å². The lowest BCUT2D eigenvalue weighted by atomic mass is 10.2. The van der Waals surface area contributed by atoms with Crippen molar-refractivity contribution in [2.24, 2.45) is 0 Å². The third-order valence-electron chi connectivity index (χ3n) is 1.62. The first-order chi connectivity index (χ1) is 5.33. The lowest BCUT2D eigenvalue weighted by Crippen LogP contribution is -2.13. The molecule has 59 valence electrons. The third-order valence-corrected chi connectivity index (χ3v) is 1.62. The molecule has 0 aliphatic rings. The van der Waals surface area contributed by atoms with Crippen LogP contribution in [0.2, 0.25) is 0 Å². The van der Waals surface area contributed by atoms with Crippen LogP contribution in [-0.2, 0) is 0 Å². The molecule has 1 aromatic heterocycles. The predicted octanol–water partition coefficient (Wildman–Crippen LogP) is 2.09. The van der Waals surface area contributed by atoms with E-state index >= 15 is 0 Å². The molecule has 1 N–H and O–H groups in total. The summed E-state index contributed by atoms with van der Waals surface area (Å²) in [7, 11) is 0. The van der Waals surface area contributed by atoms with Gasteiger partial charge in [0.25, 0.3) is 0 Å². The Balaban J connectivity index is 2.51. The minimum Gasteiger partial charge on any atom is -0.381 e. The number of anilines is 1. The number of pyridine rings is 1. The molecule has 1 aromatic rings. The Morgan fingerprint density at radius 3 is 3.09 bits per heavy atom. The lowest BCUT2D eigenvalue weighted by Gasteiger charge is -2.11. The number of hydrogen-bond acceptors (Lipinski definition) is 2. The van der Waals surface area contributed by atoms with Crippen molar-refractivity contribution < 1.29 is 0 Å². The van der Waals surface area contributed by atoms with Gasteiger partial charge in [0.05, 0.1) is 5.69 Å². The maximum atomic E-state index is 3.88. The van der Waals surface area contributed by atoms with Gasteiger partial charge in [0, 0.05) is 12.2 Å². The first kappa shape index (κ1) is 8.05. The molecule has 2 nitrogen and oxygen atoms in total. The summed E-state index contributed by atoms with van der Waals surface area (Å²) in [6.07, 6.45) is 5.71. The molecule has 1 atom stereocenters. The topological polar surface area (TPSA) is 24.9 Å². The molecule has 0 spiro atoms. The maximum absolute atomic E-state index is 3.88. The molecular formula is C9H13N2. The molecule has 0 bridgehead atoms.